The maximum Gasteiger partial charge on any atom is 0.475 e. The van der Waals surface area contributed by atoms with E-state index in [0.717, 1.165) is 16.8 Å². The molecule has 6 atom stereocenters. The SMILES string of the molecule is C[C@]1(COP2(=O)OCC[C@@H](c3cc(C(F)(F)F)cc(C(F)(F)F)c3)O2)O[C@@H](n2ccc(=O)[nH]c2=O)[C@H](O)[C@@H]1O. The molecule has 3 N–H and O–H groups in total. The van der Waals surface area contributed by atoms with Crippen molar-refractivity contribution in [2.75, 3.05) is 13.2 Å². The molecule has 3 heterocycles. The molecule has 0 spiro atoms. The first-order chi connectivity index (χ1) is 17.9. The number of alkyl halides is 6. The van der Waals surface area contributed by atoms with Gasteiger partial charge in [-0.05, 0) is 30.7 Å². The summed E-state index contributed by atoms with van der Waals surface area (Å²) in [4.78, 5) is 25.3. The molecule has 2 aliphatic rings. The van der Waals surface area contributed by atoms with Gasteiger partial charge in [0, 0.05) is 18.7 Å². The molecule has 1 aromatic heterocycles. The van der Waals surface area contributed by atoms with Crippen LogP contribution in [0.2, 0.25) is 0 Å². The number of hydrogen-bond acceptors (Lipinski definition) is 9. The Labute approximate surface area is 214 Å². The van der Waals surface area contributed by atoms with Crippen LogP contribution in [-0.2, 0) is 35.2 Å². The fourth-order valence-corrected chi connectivity index (χ4v) is 5.56. The first-order valence-electron chi connectivity index (χ1n) is 11.1. The van der Waals surface area contributed by atoms with Crippen LogP contribution in [0.15, 0.2) is 40.1 Å². The quantitative estimate of drug-likeness (QED) is 0.353. The molecule has 0 radical (unpaired) electrons. The van der Waals surface area contributed by atoms with Gasteiger partial charge in [0.05, 0.1) is 30.4 Å². The lowest BCUT2D eigenvalue weighted by Gasteiger charge is -2.33. The molecule has 0 bridgehead atoms. The molecule has 4 rings (SSSR count). The monoisotopic (exact) mass is 590 g/mol. The van der Waals surface area contributed by atoms with Crippen LogP contribution < -0.4 is 11.2 Å². The van der Waals surface area contributed by atoms with Crippen LogP contribution in [0.3, 0.4) is 0 Å². The van der Waals surface area contributed by atoms with Crippen molar-refractivity contribution >= 4 is 7.82 Å². The Hall–Kier alpha value is -2.53. The summed E-state index contributed by atoms with van der Waals surface area (Å²) < 4.78 is 114. The van der Waals surface area contributed by atoms with Gasteiger partial charge in [-0.25, -0.2) is 9.36 Å². The van der Waals surface area contributed by atoms with E-state index in [1.54, 1.807) is 0 Å². The van der Waals surface area contributed by atoms with Gasteiger partial charge in [-0.1, -0.05) is 0 Å². The van der Waals surface area contributed by atoms with E-state index in [2.05, 4.69) is 0 Å². The number of phosphoric acid groups is 1. The van der Waals surface area contributed by atoms with Crippen LogP contribution in [0.1, 0.15) is 42.4 Å². The molecule has 216 valence electrons. The summed E-state index contributed by atoms with van der Waals surface area (Å²) in [6, 6.07) is 1.76. The second kappa shape index (κ2) is 10.1. The molecule has 39 heavy (non-hydrogen) atoms. The van der Waals surface area contributed by atoms with E-state index in [0.29, 0.717) is 12.1 Å². The third-order valence-electron chi connectivity index (χ3n) is 6.13. The number of rotatable bonds is 5. The van der Waals surface area contributed by atoms with Crippen LogP contribution in [-0.4, -0.2) is 50.8 Å². The Balaban J connectivity index is 1.53. The maximum atomic E-state index is 13.2. The van der Waals surface area contributed by atoms with Gasteiger partial charge in [0.15, 0.2) is 6.23 Å². The van der Waals surface area contributed by atoms with Crippen LogP contribution >= 0.6 is 7.82 Å². The van der Waals surface area contributed by atoms with Crippen molar-refractivity contribution in [3.05, 3.63) is 68.0 Å². The van der Waals surface area contributed by atoms with Gasteiger partial charge in [-0.15, -0.1) is 0 Å². The first kappa shape index (κ1) is 29.5. The largest absolute Gasteiger partial charge is 0.475 e. The number of hydrogen-bond donors (Lipinski definition) is 3. The molecular weight excluding hydrogens is 569 g/mol. The lowest BCUT2D eigenvalue weighted by molar-refractivity contribution is -0.143. The van der Waals surface area contributed by atoms with Crippen molar-refractivity contribution in [2.24, 2.45) is 0 Å². The molecule has 0 aliphatic carbocycles. The third-order valence-corrected chi connectivity index (χ3v) is 7.59. The number of aliphatic hydroxyl groups excluding tert-OH is 2. The van der Waals surface area contributed by atoms with Crippen molar-refractivity contribution < 1.29 is 59.4 Å². The first-order valence-corrected chi connectivity index (χ1v) is 12.6. The van der Waals surface area contributed by atoms with Crippen LogP contribution in [0.4, 0.5) is 26.3 Å². The van der Waals surface area contributed by atoms with Gasteiger partial charge in [0.25, 0.3) is 5.56 Å². The topological polar surface area (TPSA) is 149 Å². The highest BCUT2D eigenvalue weighted by Crippen LogP contribution is 2.58. The van der Waals surface area contributed by atoms with Crippen molar-refractivity contribution in [2.45, 2.75) is 55.8 Å². The lowest BCUT2D eigenvalue weighted by atomic mass is 9.99. The number of benzene rings is 1. The molecule has 0 amide bonds. The second-order valence-electron chi connectivity index (χ2n) is 9.05. The number of halogens is 6. The zero-order valence-corrected chi connectivity index (χ0v) is 20.6. The predicted molar refractivity (Wildman–Crippen MR) is 116 cm³/mol. The number of aromatic nitrogens is 2. The lowest BCUT2D eigenvalue weighted by Crippen LogP contribution is -2.44. The molecule has 1 unspecified atom stereocenters. The molecule has 11 nitrogen and oxygen atoms in total. The number of nitrogens with one attached hydrogen (secondary N) is 1. The Morgan fingerprint density at radius 3 is 2.31 bits per heavy atom. The number of nitrogens with zero attached hydrogens (tertiary/aromatic N) is 1. The van der Waals surface area contributed by atoms with Crippen LogP contribution in [0, 0.1) is 0 Å². The average molecular weight is 590 g/mol. The van der Waals surface area contributed by atoms with E-state index >= 15 is 0 Å². The number of phosphoric ester groups is 1. The summed E-state index contributed by atoms with van der Waals surface area (Å²) in [7, 11) is -4.65. The van der Waals surface area contributed by atoms with E-state index < -0.39 is 91.5 Å². The van der Waals surface area contributed by atoms with Gasteiger partial charge >= 0.3 is 25.9 Å². The Morgan fingerprint density at radius 2 is 1.74 bits per heavy atom. The highest BCUT2D eigenvalue weighted by Gasteiger charge is 2.54. The van der Waals surface area contributed by atoms with Crippen molar-refractivity contribution in [3.63, 3.8) is 0 Å². The highest BCUT2D eigenvalue weighted by atomic mass is 31.2. The zero-order chi connectivity index (χ0) is 29.0. The predicted octanol–water partition coefficient (Wildman–Crippen LogP) is 2.89. The summed E-state index contributed by atoms with van der Waals surface area (Å²) in [6.07, 6.45) is -16.1. The third kappa shape index (κ3) is 6.14. The Morgan fingerprint density at radius 1 is 1.13 bits per heavy atom. The maximum absolute atomic E-state index is 13.2. The van der Waals surface area contributed by atoms with E-state index in [1.807, 2.05) is 4.98 Å². The minimum absolute atomic E-state index is 0.0615. The van der Waals surface area contributed by atoms with Crippen molar-refractivity contribution in [3.8, 4) is 0 Å². The second-order valence-corrected chi connectivity index (χ2v) is 10.7. The van der Waals surface area contributed by atoms with Gasteiger partial charge in [-0.2, -0.15) is 26.3 Å². The fourth-order valence-electron chi connectivity index (χ4n) is 4.08. The molecule has 0 saturated carbocycles. The Kier molecular flexibility index (Phi) is 7.66. The number of H-pyrrole nitrogens is 1. The van der Waals surface area contributed by atoms with Gasteiger partial charge in [-0.3, -0.25) is 27.9 Å². The molecule has 1 aromatic carbocycles. The zero-order valence-electron chi connectivity index (χ0n) is 19.7. The molecule has 18 heteroatoms. The molecule has 2 aromatic rings. The summed E-state index contributed by atoms with van der Waals surface area (Å²) in [5.74, 6) is 0. The van der Waals surface area contributed by atoms with E-state index in [9.17, 15) is 50.7 Å². The molecule has 2 aliphatic heterocycles. The minimum atomic E-state index is -5.11. The van der Waals surface area contributed by atoms with Gasteiger partial charge in [0.2, 0.25) is 0 Å². The Bertz CT molecular complexity index is 1360. The normalized spacial score (nSPS) is 31.9. The average Bonchev–Trinajstić information content (AvgIpc) is 3.06. The van der Waals surface area contributed by atoms with Gasteiger partial charge in [0.1, 0.15) is 17.8 Å². The molecular formula is C21H21F6N2O9P. The number of aromatic amines is 1. The summed E-state index contributed by atoms with van der Waals surface area (Å²) in [5, 5.41) is 20.9. The summed E-state index contributed by atoms with van der Waals surface area (Å²) >= 11 is 0. The van der Waals surface area contributed by atoms with Crippen molar-refractivity contribution in [1.29, 1.82) is 0 Å². The molecule has 2 fully saturated rings. The molecule has 2 saturated heterocycles. The highest BCUT2D eigenvalue weighted by molar-refractivity contribution is 7.48. The van der Waals surface area contributed by atoms with E-state index in [1.165, 1.54) is 6.92 Å². The van der Waals surface area contributed by atoms with E-state index in [-0.39, 0.29) is 12.5 Å². The number of aliphatic hydroxyl groups is 2. The smallest absolute Gasteiger partial charge is 0.387 e. The fraction of sp³-hybridized carbons (Fsp3) is 0.524. The van der Waals surface area contributed by atoms with Crippen LogP contribution in [0.25, 0.3) is 0 Å². The van der Waals surface area contributed by atoms with E-state index in [4.69, 9.17) is 18.3 Å². The van der Waals surface area contributed by atoms with Crippen molar-refractivity contribution in [1.82, 2.24) is 9.55 Å². The van der Waals surface area contributed by atoms with Gasteiger partial charge < -0.3 is 14.9 Å². The minimum Gasteiger partial charge on any atom is -0.387 e. The summed E-state index contributed by atoms with van der Waals surface area (Å²) in [5.41, 5.74) is -7.33. The van der Waals surface area contributed by atoms with Crippen LogP contribution in [0.5, 0.6) is 0 Å². The number of ether oxygens (including phenoxy) is 1. The summed E-state index contributed by atoms with van der Waals surface area (Å²) in [6.45, 7) is -0.0501. The standard InChI is InChI=1S/C21H21F6N2O9P/c1-19(16(32)15(31)17(37-19)29-4-2-14(30)28-18(29)33)9-36-39(34)35-5-3-13(38-39)10-6-11(20(22,23)24)8-12(7-10)21(25,26)27/h2,4,6-8,13,15-17,31-32H,3,5,9H2,1H3,(H,28,30,33)/t13-,15+,16-,17+,19+,39?/m0/s1.